The van der Waals surface area contributed by atoms with Crippen LogP contribution in [0, 0.1) is 17.7 Å². The summed E-state index contributed by atoms with van der Waals surface area (Å²) in [5.74, 6) is 4.43. The van der Waals surface area contributed by atoms with Crippen LogP contribution >= 0.6 is 15.9 Å². The molecule has 0 N–H and O–H groups in total. The van der Waals surface area contributed by atoms with Crippen LogP contribution < -0.4 is 0 Å². The number of rotatable bonds is 2. The maximum absolute atomic E-state index is 13.2. The van der Waals surface area contributed by atoms with E-state index in [-0.39, 0.29) is 5.56 Å². The lowest BCUT2D eigenvalue weighted by Gasteiger charge is -2.01. The smallest absolute Gasteiger partial charge is 0.340 e. The number of benzene rings is 1. The molecular weight excluding hydrogens is 275 g/mol. The molecule has 1 aromatic rings. The molecule has 0 aliphatic carbocycles. The molecule has 2 nitrogen and oxygen atoms in total. The summed E-state index contributed by atoms with van der Waals surface area (Å²) in [5, 5.41) is 0.783. The highest BCUT2D eigenvalue weighted by atomic mass is 79.9. The van der Waals surface area contributed by atoms with Crippen molar-refractivity contribution in [2.75, 3.05) is 12.4 Å². The zero-order valence-electron chi connectivity index (χ0n) is 8.72. The van der Waals surface area contributed by atoms with E-state index >= 15 is 0 Å². The van der Waals surface area contributed by atoms with Gasteiger partial charge in [-0.05, 0) is 18.2 Å². The fraction of sp³-hybridized carbons (Fsp3) is 0.250. The fourth-order valence-electron chi connectivity index (χ4n) is 1.08. The van der Waals surface area contributed by atoms with Gasteiger partial charge >= 0.3 is 5.97 Å². The Labute approximate surface area is 102 Å². The molecule has 0 aromatic heterocycles. The molecule has 0 saturated heterocycles. The summed E-state index contributed by atoms with van der Waals surface area (Å²) in [5.41, 5.74) is 0.510. The molecule has 0 aliphatic rings. The molecule has 4 heteroatoms. The summed E-state index contributed by atoms with van der Waals surface area (Å²) in [6.45, 7) is 0. The Balaban J connectivity index is 2.99. The highest BCUT2D eigenvalue weighted by molar-refractivity contribution is 9.09. The van der Waals surface area contributed by atoms with Crippen LogP contribution in [0.15, 0.2) is 18.2 Å². The van der Waals surface area contributed by atoms with Crippen LogP contribution in [0.3, 0.4) is 0 Å². The molecule has 1 rings (SSSR count). The first-order chi connectivity index (χ1) is 7.69. The molecule has 0 aliphatic heterocycles. The van der Waals surface area contributed by atoms with Crippen molar-refractivity contribution in [3.05, 3.63) is 35.1 Å². The zero-order valence-corrected chi connectivity index (χ0v) is 10.3. The minimum absolute atomic E-state index is 0.0897. The van der Waals surface area contributed by atoms with Crippen LogP contribution in [0.2, 0.25) is 0 Å². The first kappa shape index (κ1) is 12.7. The van der Waals surface area contributed by atoms with E-state index < -0.39 is 11.8 Å². The fourth-order valence-corrected chi connectivity index (χ4v) is 1.28. The lowest BCUT2D eigenvalue weighted by Crippen LogP contribution is -2.04. The number of esters is 1. The Morgan fingerprint density at radius 1 is 1.56 bits per heavy atom. The van der Waals surface area contributed by atoms with Crippen molar-refractivity contribution < 1.29 is 13.9 Å². The van der Waals surface area contributed by atoms with Gasteiger partial charge in [-0.3, -0.25) is 0 Å². The van der Waals surface area contributed by atoms with Gasteiger partial charge in [0.1, 0.15) is 5.82 Å². The van der Waals surface area contributed by atoms with E-state index in [2.05, 4.69) is 32.5 Å². The number of methoxy groups -OCH3 is 1. The maximum atomic E-state index is 13.2. The minimum atomic E-state index is -0.693. The Bertz CT molecular complexity index is 446. The third-order valence-electron chi connectivity index (χ3n) is 1.82. The van der Waals surface area contributed by atoms with Crippen molar-refractivity contribution in [3.8, 4) is 11.8 Å². The standard InChI is InChI=1S/C12H10BrFO2/c1-16-12(15)10-8-9(4-2-3-7-13)5-6-11(10)14/h5-6,8H,3,7H2,1H3. The summed E-state index contributed by atoms with van der Waals surface area (Å²) >= 11 is 3.25. The summed E-state index contributed by atoms with van der Waals surface area (Å²) < 4.78 is 17.7. The third kappa shape index (κ3) is 3.35. The number of alkyl halides is 1. The lowest BCUT2D eigenvalue weighted by molar-refractivity contribution is 0.0595. The van der Waals surface area contributed by atoms with Crippen LogP contribution in [0.25, 0.3) is 0 Å². The first-order valence-corrected chi connectivity index (χ1v) is 5.74. The van der Waals surface area contributed by atoms with E-state index in [1.807, 2.05) is 0 Å². The van der Waals surface area contributed by atoms with Gasteiger partial charge in [-0.25, -0.2) is 9.18 Å². The van der Waals surface area contributed by atoms with Gasteiger partial charge in [-0.1, -0.05) is 27.8 Å². The van der Waals surface area contributed by atoms with Crippen molar-refractivity contribution in [2.45, 2.75) is 6.42 Å². The topological polar surface area (TPSA) is 26.3 Å². The Morgan fingerprint density at radius 3 is 2.94 bits per heavy atom. The number of carbonyl (C=O) groups is 1. The van der Waals surface area contributed by atoms with Crippen LogP contribution in [-0.4, -0.2) is 18.4 Å². The average Bonchev–Trinajstić information content (AvgIpc) is 2.30. The van der Waals surface area contributed by atoms with Gasteiger partial charge in [-0.15, -0.1) is 0 Å². The zero-order chi connectivity index (χ0) is 12.0. The Kier molecular flexibility index (Phi) is 5.00. The first-order valence-electron chi connectivity index (χ1n) is 4.61. The van der Waals surface area contributed by atoms with E-state index in [0.717, 1.165) is 5.33 Å². The number of hydrogen-bond acceptors (Lipinski definition) is 2. The summed E-state index contributed by atoms with van der Waals surface area (Å²) in [6, 6.07) is 4.13. The molecule has 0 bridgehead atoms. The van der Waals surface area contributed by atoms with Gasteiger partial charge in [0.05, 0.1) is 12.7 Å². The SMILES string of the molecule is COC(=O)c1cc(C#CCCBr)ccc1F. The van der Waals surface area contributed by atoms with Crippen LogP contribution in [-0.2, 0) is 4.74 Å². The molecule has 0 heterocycles. The monoisotopic (exact) mass is 284 g/mol. The maximum Gasteiger partial charge on any atom is 0.340 e. The number of ether oxygens (including phenoxy) is 1. The third-order valence-corrected chi connectivity index (χ3v) is 2.22. The molecule has 0 unspecified atom stereocenters. The van der Waals surface area contributed by atoms with E-state index in [0.29, 0.717) is 12.0 Å². The Hall–Kier alpha value is -1.34. The quantitative estimate of drug-likeness (QED) is 0.474. The number of halogens is 2. The molecule has 0 saturated carbocycles. The number of hydrogen-bond donors (Lipinski definition) is 0. The molecule has 0 fully saturated rings. The van der Waals surface area contributed by atoms with E-state index in [4.69, 9.17) is 0 Å². The van der Waals surface area contributed by atoms with Gasteiger partial charge < -0.3 is 4.74 Å². The van der Waals surface area contributed by atoms with Crippen molar-refractivity contribution in [3.63, 3.8) is 0 Å². The van der Waals surface area contributed by atoms with Crippen LogP contribution in [0.5, 0.6) is 0 Å². The molecule has 84 valence electrons. The summed E-state index contributed by atoms with van der Waals surface area (Å²) in [6.07, 6.45) is 0.699. The van der Waals surface area contributed by atoms with Crippen LogP contribution in [0.1, 0.15) is 22.3 Å². The average molecular weight is 285 g/mol. The van der Waals surface area contributed by atoms with Gasteiger partial charge in [0.15, 0.2) is 0 Å². The highest BCUT2D eigenvalue weighted by Crippen LogP contribution is 2.11. The summed E-state index contributed by atoms with van der Waals surface area (Å²) in [7, 11) is 1.21. The molecule has 0 atom stereocenters. The second-order valence-corrected chi connectivity index (χ2v) is 3.72. The Morgan fingerprint density at radius 2 is 2.31 bits per heavy atom. The van der Waals surface area contributed by atoms with Crippen LogP contribution in [0.4, 0.5) is 4.39 Å². The van der Waals surface area contributed by atoms with E-state index in [9.17, 15) is 9.18 Å². The van der Waals surface area contributed by atoms with Crippen molar-refractivity contribution in [1.82, 2.24) is 0 Å². The van der Waals surface area contributed by atoms with Gasteiger partial charge in [0.2, 0.25) is 0 Å². The van der Waals surface area contributed by atoms with Gasteiger partial charge in [-0.2, -0.15) is 0 Å². The molecule has 1 aromatic carbocycles. The van der Waals surface area contributed by atoms with Crippen molar-refractivity contribution in [1.29, 1.82) is 0 Å². The predicted molar refractivity (Wildman–Crippen MR) is 63.0 cm³/mol. The van der Waals surface area contributed by atoms with Gasteiger partial charge in [0.25, 0.3) is 0 Å². The molecular formula is C12H10BrFO2. The van der Waals surface area contributed by atoms with Crippen molar-refractivity contribution in [2.24, 2.45) is 0 Å². The second-order valence-electron chi connectivity index (χ2n) is 2.93. The normalized spacial score (nSPS) is 9.19. The molecule has 0 spiro atoms. The number of carbonyl (C=O) groups excluding carboxylic acids is 1. The predicted octanol–water partition coefficient (Wildman–Crippen LogP) is 2.75. The van der Waals surface area contributed by atoms with Gasteiger partial charge in [0, 0.05) is 17.3 Å². The van der Waals surface area contributed by atoms with E-state index in [1.165, 1.54) is 25.3 Å². The second kappa shape index (κ2) is 6.29. The highest BCUT2D eigenvalue weighted by Gasteiger charge is 2.11. The largest absolute Gasteiger partial charge is 0.465 e. The lowest BCUT2D eigenvalue weighted by atomic mass is 10.1. The van der Waals surface area contributed by atoms with E-state index in [1.54, 1.807) is 0 Å². The molecule has 0 amide bonds. The molecule has 16 heavy (non-hydrogen) atoms. The molecule has 0 radical (unpaired) electrons. The summed E-state index contributed by atoms with van der Waals surface area (Å²) in [4.78, 5) is 11.2. The van der Waals surface area contributed by atoms with Crippen molar-refractivity contribution >= 4 is 21.9 Å². The minimum Gasteiger partial charge on any atom is -0.465 e.